The van der Waals surface area contributed by atoms with Gasteiger partial charge in [0.1, 0.15) is 0 Å². The van der Waals surface area contributed by atoms with Crippen LogP contribution >= 0.6 is 0 Å². The Hall–Kier alpha value is -0.0800. The lowest BCUT2D eigenvalue weighted by Crippen LogP contribution is -2.58. The SMILES string of the molecule is CC(C)(C)CC(C)(C)N(CCCCCCN)C(C)(C)CC(C)(C)C. The van der Waals surface area contributed by atoms with Crippen LogP contribution in [0, 0.1) is 10.8 Å². The third kappa shape index (κ3) is 10.0. The van der Waals surface area contributed by atoms with E-state index in [0.717, 1.165) is 13.0 Å². The van der Waals surface area contributed by atoms with Gasteiger partial charge in [0.25, 0.3) is 0 Å². The van der Waals surface area contributed by atoms with E-state index in [1.165, 1.54) is 38.6 Å². The van der Waals surface area contributed by atoms with E-state index in [2.05, 4.69) is 74.1 Å². The Morgan fingerprint density at radius 3 is 1.29 bits per heavy atom. The highest BCUT2D eigenvalue weighted by atomic mass is 15.2. The molecule has 2 heteroatoms. The zero-order valence-corrected chi connectivity index (χ0v) is 18.7. The van der Waals surface area contributed by atoms with Crippen LogP contribution in [-0.2, 0) is 0 Å². The summed E-state index contributed by atoms with van der Waals surface area (Å²) in [5, 5.41) is 0. The largest absolute Gasteiger partial charge is 0.330 e. The van der Waals surface area contributed by atoms with Crippen molar-refractivity contribution < 1.29 is 0 Å². The van der Waals surface area contributed by atoms with Gasteiger partial charge in [0.05, 0.1) is 0 Å². The average Bonchev–Trinajstić information content (AvgIpc) is 2.26. The van der Waals surface area contributed by atoms with Gasteiger partial charge in [-0.2, -0.15) is 0 Å². The van der Waals surface area contributed by atoms with E-state index in [1.54, 1.807) is 0 Å². The van der Waals surface area contributed by atoms with E-state index in [4.69, 9.17) is 5.73 Å². The molecule has 0 rings (SSSR count). The molecule has 0 aliphatic heterocycles. The Bertz CT molecular complexity index is 314. The maximum absolute atomic E-state index is 5.64. The van der Waals surface area contributed by atoms with E-state index in [1.807, 2.05) is 0 Å². The molecule has 0 aliphatic rings. The van der Waals surface area contributed by atoms with Crippen molar-refractivity contribution in [2.75, 3.05) is 13.1 Å². The fourth-order valence-corrected chi connectivity index (χ4v) is 4.98. The molecular weight excluding hydrogens is 292 g/mol. The lowest BCUT2D eigenvalue weighted by Gasteiger charge is -2.52. The van der Waals surface area contributed by atoms with Gasteiger partial charge in [0.2, 0.25) is 0 Å². The summed E-state index contributed by atoms with van der Waals surface area (Å²) in [6, 6.07) is 0. The molecule has 0 aromatic carbocycles. The number of rotatable bonds is 10. The van der Waals surface area contributed by atoms with E-state index >= 15 is 0 Å². The van der Waals surface area contributed by atoms with Crippen LogP contribution < -0.4 is 5.73 Å². The Morgan fingerprint density at radius 1 is 0.583 bits per heavy atom. The van der Waals surface area contributed by atoms with Gasteiger partial charge in [-0.1, -0.05) is 54.4 Å². The molecule has 24 heavy (non-hydrogen) atoms. The van der Waals surface area contributed by atoms with Gasteiger partial charge in [-0.05, 0) is 77.3 Å². The predicted octanol–water partition coefficient (Wildman–Crippen LogP) is 6.24. The molecule has 146 valence electrons. The molecule has 0 fully saturated rings. The predicted molar refractivity (Wildman–Crippen MR) is 111 cm³/mol. The fourth-order valence-electron chi connectivity index (χ4n) is 4.98. The first-order valence-electron chi connectivity index (χ1n) is 10.1. The molecule has 0 heterocycles. The standard InChI is InChI=1S/C22H48N2/c1-19(2,3)17-21(7,8)24(16-14-12-11-13-15-23)22(9,10)18-20(4,5)6/h11-18,23H2,1-10H3. The number of nitrogens with two attached hydrogens (primary N) is 1. The summed E-state index contributed by atoms with van der Waals surface area (Å²) in [6.07, 6.45) is 7.44. The second-order valence-electron chi connectivity index (χ2n) is 11.5. The van der Waals surface area contributed by atoms with Gasteiger partial charge >= 0.3 is 0 Å². The zero-order chi connectivity index (χ0) is 19.2. The van der Waals surface area contributed by atoms with Gasteiger partial charge in [-0.3, -0.25) is 4.90 Å². The zero-order valence-electron chi connectivity index (χ0n) is 18.7. The highest BCUT2D eigenvalue weighted by molar-refractivity contribution is 4.96. The third-order valence-electron chi connectivity index (χ3n) is 4.72. The molecular formula is C22H48N2. The van der Waals surface area contributed by atoms with E-state index in [9.17, 15) is 0 Å². The van der Waals surface area contributed by atoms with Crippen molar-refractivity contribution in [3.8, 4) is 0 Å². The number of hydrogen-bond donors (Lipinski definition) is 1. The molecule has 0 aromatic rings. The van der Waals surface area contributed by atoms with E-state index in [-0.39, 0.29) is 11.1 Å². The van der Waals surface area contributed by atoms with Crippen molar-refractivity contribution >= 4 is 0 Å². The highest BCUT2D eigenvalue weighted by Gasteiger charge is 2.40. The average molecular weight is 341 g/mol. The Balaban J connectivity index is 5.20. The summed E-state index contributed by atoms with van der Waals surface area (Å²) in [7, 11) is 0. The summed E-state index contributed by atoms with van der Waals surface area (Å²) < 4.78 is 0. The van der Waals surface area contributed by atoms with Gasteiger partial charge in [0.15, 0.2) is 0 Å². The molecule has 0 saturated heterocycles. The van der Waals surface area contributed by atoms with Crippen LogP contribution in [0.25, 0.3) is 0 Å². The summed E-state index contributed by atoms with van der Waals surface area (Å²) >= 11 is 0. The molecule has 0 amide bonds. The fraction of sp³-hybridized carbons (Fsp3) is 1.00. The monoisotopic (exact) mass is 340 g/mol. The maximum Gasteiger partial charge on any atom is 0.0163 e. The van der Waals surface area contributed by atoms with Crippen LogP contribution in [-0.4, -0.2) is 29.1 Å². The van der Waals surface area contributed by atoms with Crippen molar-refractivity contribution in [2.24, 2.45) is 16.6 Å². The van der Waals surface area contributed by atoms with Gasteiger partial charge < -0.3 is 5.73 Å². The lowest BCUT2D eigenvalue weighted by molar-refractivity contribution is -0.0266. The van der Waals surface area contributed by atoms with Gasteiger partial charge in [0, 0.05) is 11.1 Å². The van der Waals surface area contributed by atoms with Crippen LogP contribution in [0.4, 0.5) is 0 Å². The molecule has 0 spiro atoms. The van der Waals surface area contributed by atoms with Crippen LogP contribution in [0.5, 0.6) is 0 Å². The first kappa shape index (κ1) is 23.9. The molecule has 0 aliphatic carbocycles. The van der Waals surface area contributed by atoms with Crippen molar-refractivity contribution in [1.82, 2.24) is 4.90 Å². The normalized spacial score (nSPS) is 14.5. The first-order valence-corrected chi connectivity index (χ1v) is 10.1. The molecule has 0 saturated carbocycles. The Kier molecular flexibility index (Phi) is 9.00. The van der Waals surface area contributed by atoms with Gasteiger partial charge in [-0.25, -0.2) is 0 Å². The molecule has 0 unspecified atom stereocenters. The van der Waals surface area contributed by atoms with Crippen LogP contribution in [0.15, 0.2) is 0 Å². The molecule has 0 radical (unpaired) electrons. The smallest absolute Gasteiger partial charge is 0.0163 e. The molecule has 2 nitrogen and oxygen atoms in total. The minimum Gasteiger partial charge on any atom is -0.330 e. The summed E-state index contributed by atoms with van der Waals surface area (Å²) in [5.41, 5.74) is 6.75. The molecule has 0 aromatic heterocycles. The molecule has 0 bridgehead atoms. The van der Waals surface area contributed by atoms with Crippen molar-refractivity contribution in [3.63, 3.8) is 0 Å². The maximum atomic E-state index is 5.64. The number of unbranched alkanes of at least 4 members (excludes halogenated alkanes) is 3. The first-order chi connectivity index (χ1) is 10.6. The van der Waals surface area contributed by atoms with E-state index in [0.29, 0.717) is 10.8 Å². The summed E-state index contributed by atoms with van der Waals surface area (Å²) in [6.45, 7) is 26.0. The number of hydrogen-bond acceptors (Lipinski definition) is 2. The number of nitrogens with zero attached hydrogens (tertiary/aromatic N) is 1. The third-order valence-corrected chi connectivity index (χ3v) is 4.72. The molecule has 0 atom stereocenters. The van der Waals surface area contributed by atoms with Crippen LogP contribution in [0.1, 0.15) is 108 Å². The Morgan fingerprint density at radius 2 is 0.958 bits per heavy atom. The van der Waals surface area contributed by atoms with Crippen molar-refractivity contribution in [3.05, 3.63) is 0 Å². The summed E-state index contributed by atoms with van der Waals surface area (Å²) in [5.74, 6) is 0. The summed E-state index contributed by atoms with van der Waals surface area (Å²) in [4.78, 5) is 2.80. The second-order valence-corrected chi connectivity index (χ2v) is 11.5. The molecule has 2 N–H and O–H groups in total. The second kappa shape index (κ2) is 9.03. The topological polar surface area (TPSA) is 29.3 Å². The van der Waals surface area contributed by atoms with Crippen molar-refractivity contribution in [2.45, 2.75) is 119 Å². The van der Waals surface area contributed by atoms with Gasteiger partial charge in [-0.15, -0.1) is 0 Å². The van der Waals surface area contributed by atoms with Crippen LogP contribution in [0.2, 0.25) is 0 Å². The van der Waals surface area contributed by atoms with Crippen LogP contribution in [0.3, 0.4) is 0 Å². The quantitative estimate of drug-likeness (QED) is 0.477. The Labute approximate surface area is 154 Å². The van der Waals surface area contributed by atoms with Crippen molar-refractivity contribution in [1.29, 1.82) is 0 Å². The lowest BCUT2D eigenvalue weighted by atomic mass is 9.75. The van der Waals surface area contributed by atoms with E-state index < -0.39 is 0 Å². The minimum absolute atomic E-state index is 0.209. The highest BCUT2D eigenvalue weighted by Crippen LogP contribution is 2.40. The minimum atomic E-state index is 0.209.